The summed E-state index contributed by atoms with van der Waals surface area (Å²) >= 11 is 0. The van der Waals surface area contributed by atoms with Gasteiger partial charge in [-0.2, -0.15) is 0 Å². The van der Waals surface area contributed by atoms with Crippen LogP contribution in [0.2, 0.25) is 0 Å². The normalized spacial score (nSPS) is 14.4. The lowest BCUT2D eigenvalue weighted by atomic mass is 10.1. The molecule has 0 heterocycles. The molecule has 0 radical (unpaired) electrons. The molecule has 0 saturated carbocycles. The van der Waals surface area contributed by atoms with Gasteiger partial charge in [-0.3, -0.25) is 0 Å². The quantitative estimate of drug-likeness (QED) is 0.165. The highest BCUT2D eigenvalue weighted by molar-refractivity contribution is 5.82. The molecule has 6 nitrogen and oxygen atoms in total. The van der Waals surface area contributed by atoms with Gasteiger partial charge in [0.1, 0.15) is 5.84 Å². The zero-order valence-corrected chi connectivity index (χ0v) is 10.4. The van der Waals surface area contributed by atoms with Crippen molar-refractivity contribution in [2.75, 3.05) is 46.9 Å². The summed E-state index contributed by atoms with van der Waals surface area (Å²) in [6.07, 6.45) is 0. The molecule has 0 aliphatic heterocycles. The lowest BCUT2D eigenvalue weighted by molar-refractivity contribution is 0.161. The first-order valence-corrected chi connectivity index (χ1v) is 5.47. The van der Waals surface area contributed by atoms with E-state index in [2.05, 4.69) is 15.4 Å². The van der Waals surface area contributed by atoms with Crippen molar-refractivity contribution in [2.45, 2.75) is 6.92 Å². The molecule has 0 aromatic rings. The first kappa shape index (κ1) is 15.2. The van der Waals surface area contributed by atoms with E-state index in [0.717, 1.165) is 26.2 Å². The first-order chi connectivity index (χ1) is 7.61. The molecule has 0 rings (SSSR count). The van der Waals surface area contributed by atoms with Gasteiger partial charge < -0.3 is 25.9 Å². The highest BCUT2D eigenvalue weighted by Gasteiger charge is 2.06. The Labute approximate surface area is 97.4 Å². The molecule has 1 unspecified atom stereocenters. The molecular formula is C10H24N4O2. The summed E-state index contributed by atoms with van der Waals surface area (Å²) in [6, 6.07) is 0. The first-order valence-electron chi connectivity index (χ1n) is 5.47. The number of amidine groups is 1. The molecule has 96 valence electrons. The molecule has 0 aliphatic rings. The van der Waals surface area contributed by atoms with E-state index in [-0.39, 0.29) is 11.8 Å². The minimum Gasteiger partial charge on any atom is -0.409 e. The van der Waals surface area contributed by atoms with Crippen LogP contribution < -0.4 is 11.1 Å². The van der Waals surface area contributed by atoms with E-state index in [9.17, 15) is 0 Å². The van der Waals surface area contributed by atoms with E-state index in [4.69, 9.17) is 15.7 Å². The van der Waals surface area contributed by atoms with Gasteiger partial charge >= 0.3 is 0 Å². The number of rotatable bonds is 9. The standard InChI is InChI=1S/C10H24N4O2/c1-9(10(11)13-15)8-12-4-5-14(2)6-7-16-3/h9,12,15H,4-8H2,1-3H3,(H2,11,13). The topological polar surface area (TPSA) is 83.1 Å². The number of methoxy groups -OCH3 is 1. The number of nitrogens with two attached hydrogens (primary N) is 1. The second-order valence-corrected chi connectivity index (χ2v) is 3.93. The van der Waals surface area contributed by atoms with Crippen LogP contribution in [0.5, 0.6) is 0 Å². The summed E-state index contributed by atoms with van der Waals surface area (Å²) in [6.45, 7) is 6.13. The molecule has 1 atom stereocenters. The Hall–Kier alpha value is -0.850. The number of hydrogen-bond acceptors (Lipinski definition) is 5. The average Bonchev–Trinajstić information content (AvgIpc) is 2.30. The molecule has 0 aliphatic carbocycles. The van der Waals surface area contributed by atoms with Crippen molar-refractivity contribution in [3.63, 3.8) is 0 Å². The Morgan fingerprint density at radius 2 is 2.25 bits per heavy atom. The minimum absolute atomic E-state index is 0.0503. The summed E-state index contributed by atoms with van der Waals surface area (Å²) in [4.78, 5) is 2.19. The van der Waals surface area contributed by atoms with Gasteiger partial charge in [0.05, 0.1) is 6.61 Å². The van der Waals surface area contributed by atoms with E-state index in [0.29, 0.717) is 6.54 Å². The molecule has 0 aromatic heterocycles. The van der Waals surface area contributed by atoms with Gasteiger partial charge in [0.15, 0.2) is 0 Å². The van der Waals surface area contributed by atoms with Crippen LogP contribution >= 0.6 is 0 Å². The summed E-state index contributed by atoms with van der Waals surface area (Å²) in [7, 11) is 3.75. The van der Waals surface area contributed by atoms with Crippen LogP contribution in [0.1, 0.15) is 6.92 Å². The molecule has 16 heavy (non-hydrogen) atoms. The molecule has 4 N–H and O–H groups in total. The van der Waals surface area contributed by atoms with Crippen molar-refractivity contribution >= 4 is 5.84 Å². The Morgan fingerprint density at radius 1 is 1.56 bits per heavy atom. The predicted molar refractivity (Wildman–Crippen MR) is 64.8 cm³/mol. The number of nitrogens with zero attached hydrogens (tertiary/aromatic N) is 2. The summed E-state index contributed by atoms with van der Waals surface area (Å²) < 4.78 is 4.98. The van der Waals surface area contributed by atoms with E-state index >= 15 is 0 Å². The Bertz CT molecular complexity index is 199. The third-order valence-electron chi connectivity index (χ3n) is 2.42. The lowest BCUT2D eigenvalue weighted by Crippen LogP contribution is -2.36. The van der Waals surface area contributed by atoms with Gasteiger partial charge in [0.25, 0.3) is 0 Å². The van der Waals surface area contributed by atoms with Gasteiger partial charge in [-0.1, -0.05) is 12.1 Å². The van der Waals surface area contributed by atoms with Crippen LogP contribution in [-0.2, 0) is 4.74 Å². The van der Waals surface area contributed by atoms with Crippen LogP contribution in [-0.4, -0.2) is 62.9 Å². The molecule has 0 amide bonds. The van der Waals surface area contributed by atoms with Crippen molar-refractivity contribution in [1.82, 2.24) is 10.2 Å². The van der Waals surface area contributed by atoms with Crippen LogP contribution in [0.15, 0.2) is 5.16 Å². The van der Waals surface area contributed by atoms with Crippen molar-refractivity contribution < 1.29 is 9.94 Å². The molecule has 6 heteroatoms. The van der Waals surface area contributed by atoms with Crippen LogP contribution in [0.25, 0.3) is 0 Å². The third-order valence-corrected chi connectivity index (χ3v) is 2.42. The van der Waals surface area contributed by atoms with Crippen LogP contribution in [0, 0.1) is 5.92 Å². The molecular weight excluding hydrogens is 208 g/mol. The number of nitrogens with one attached hydrogen (secondary N) is 1. The SMILES string of the molecule is COCCN(C)CCNCC(C)C(N)=NO. The van der Waals surface area contributed by atoms with Gasteiger partial charge in [-0.05, 0) is 7.05 Å². The zero-order chi connectivity index (χ0) is 12.4. The fraction of sp³-hybridized carbons (Fsp3) is 0.900. The van der Waals surface area contributed by atoms with Crippen LogP contribution in [0.3, 0.4) is 0 Å². The lowest BCUT2D eigenvalue weighted by Gasteiger charge is -2.17. The average molecular weight is 232 g/mol. The monoisotopic (exact) mass is 232 g/mol. The second kappa shape index (κ2) is 9.38. The second-order valence-electron chi connectivity index (χ2n) is 3.93. The summed E-state index contributed by atoms with van der Waals surface area (Å²) in [5, 5.41) is 14.7. The highest BCUT2D eigenvalue weighted by atomic mass is 16.5. The number of ether oxygens (including phenoxy) is 1. The Balaban J connectivity index is 3.45. The Kier molecular flexibility index (Phi) is 8.88. The maximum absolute atomic E-state index is 8.46. The molecule has 0 bridgehead atoms. The molecule has 0 fully saturated rings. The van der Waals surface area contributed by atoms with Gasteiger partial charge in [0.2, 0.25) is 0 Å². The third kappa shape index (κ3) is 7.44. The number of likely N-dealkylation sites (N-methyl/N-ethyl adjacent to an activating group) is 1. The van der Waals surface area contributed by atoms with Crippen molar-refractivity contribution in [1.29, 1.82) is 0 Å². The smallest absolute Gasteiger partial charge is 0.143 e. The van der Waals surface area contributed by atoms with Gasteiger partial charge in [-0.15, -0.1) is 0 Å². The fourth-order valence-corrected chi connectivity index (χ4v) is 1.15. The maximum Gasteiger partial charge on any atom is 0.143 e. The summed E-state index contributed by atoms with van der Waals surface area (Å²) in [5.41, 5.74) is 5.46. The maximum atomic E-state index is 8.46. The molecule has 0 saturated heterocycles. The zero-order valence-electron chi connectivity index (χ0n) is 10.4. The Morgan fingerprint density at radius 3 is 2.81 bits per heavy atom. The van der Waals surface area contributed by atoms with Gasteiger partial charge in [0, 0.05) is 39.2 Å². The molecule has 0 aromatic carbocycles. The molecule has 0 spiro atoms. The van der Waals surface area contributed by atoms with E-state index in [1.54, 1.807) is 7.11 Å². The summed E-state index contributed by atoms with van der Waals surface area (Å²) in [5.74, 6) is 0.314. The van der Waals surface area contributed by atoms with E-state index in [1.165, 1.54) is 0 Å². The van der Waals surface area contributed by atoms with Crippen molar-refractivity contribution in [3.8, 4) is 0 Å². The number of hydrogen-bond donors (Lipinski definition) is 3. The fourth-order valence-electron chi connectivity index (χ4n) is 1.15. The number of oxime groups is 1. The van der Waals surface area contributed by atoms with Crippen LogP contribution in [0.4, 0.5) is 0 Å². The van der Waals surface area contributed by atoms with Gasteiger partial charge in [-0.25, -0.2) is 0 Å². The highest BCUT2D eigenvalue weighted by Crippen LogP contribution is 1.91. The van der Waals surface area contributed by atoms with E-state index < -0.39 is 0 Å². The largest absolute Gasteiger partial charge is 0.409 e. The van der Waals surface area contributed by atoms with Crippen molar-refractivity contribution in [2.24, 2.45) is 16.8 Å². The minimum atomic E-state index is 0.0503. The predicted octanol–water partition coefficient (Wildman–Crippen LogP) is -0.463. The van der Waals surface area contributed by atoms with Crippen molar-refractivity contribution in [3.05, 3.63) is 0 Å². The van der Waals surface area contributed by atoms with E-state index in [1.807, 2.05) is 14.0 Å².